The minimum Gasteiger partial charge on any atom is -0.390 e. The maximum absolute atomic E-state index is 11.7. The topological polar surface area (TPSA) is 78.6 Å². The highest BCUT2D eigenvalue weighted by atomic mass is 32.1. The number of aliphatic hydroxyl groups is 1. The van der Waals surface area contributed by atoms with E-state index in [0.29, 0.717) is 10.8 Å². The minimum absolute atomic E-state index is 0.216. The van der Waals surface area contributed by atoms with Gasteiger partial charge in [0.2, 0.25) is 0 Å². The maximum Gasteiger partial charge on any atom is 0.275 e. The summed E-state index contributed by atoms with van der Waals surface area (Å²) in [5.41, 5.74) is 2.80. The molecule has 0 aromatic carbocycles. The second kappa shape index (κ2) is 6.04. The lowest BCUT2D eigenvalue weighted by Crippen LogP contribution is -2.53. The summed E-state index contributed by atoms with van der Waals surface area (Å²) in [5, 5.41) is 12.6. The average molecular weight is 309 g/mol. The SMILES string of the molecule is NNC(=O)c1sccc1CN1CCC2(O)CCCCC2C1. The van der Waals surface area contributed by atoms with Crippen LogP contribution in [0.3, 0.4) is 0 Å². The Hall–Kier alpha value is -0.950. The first kappa shape index (κ1) is 15.0. The zero-order valence-electron chi connectivity index (χ0n) is 12.2. The minimum atomic E-state index is -0.444. The van der Waals surface area contributed by atoms with Crippen molar-refractivity contribution in [3.8, 4) is 0 Å². The number of rotatable bonds is 3. The highest BCUT2D eigenvalue weighted by Crippen LogP contribution is 2.40. The van der Waals surface area contributed by atoms with Crippen LogP contribution in [0.5, 0.6) is 0 Å². The Morgan fingerprint density at radius 1 is 1.52 bits per heavy atom. The summed E-state index contributed by atoms with van der Waals surface area (Å²) in [6.45, 7) is 2.58. The smallest absolute Gasteiger partial charge is 0.275 e. The van der Waals surface area contributed by atoms with Crippen LogP contribution in [-0.2, 0) is 6.54 Å². The first-order valence-electron chi connectivity index (χ1n) is 7.64. The van der Waals surface area contributed by atoms with E-state index in [2.05, 4.69) is 10.3 Å². The number of amides is 1. The molecule has 5 nitrogen and oxygen atoms in total. The van der Waals surface area contributed by atoms with Gasteiger partial charge in [-0.3, -0.25) is 15.1 Å². The first-order valence-corrected chi connectivity index (χ1v) is 8.52. The lowest BCUT2D eigenvalue weighted by atomic mass is 9.71. The molecule has 2 aliphatic rings. The number of fused-ring (bicyclic) bond motifs is 1. The van der Waals surface area contributed by atoms with Crippen LogP contribution in [0.15, 0.2) is 11.4 Å². The molecule has 2 heterocycles. The number of nitrogens with two attached hydrogens (primary N) is 1. The average Bonchev–Trinajstić information content (AvgIpc) is 2.95. The van der Waals surface area contributed by atoms with Crippen molar-refractivity contribution in [3.63, 3.8) is 0 Å². The van der Waals surface area contributed by atoms with Crippen molar-refractivity contribution in [2.45, 2.75) is 44.2 Å². The molecule has 6 heteroatoms. The third-order valence-corrected chi connectivity index (χ3v) is 5.95. The van der Waals surface area contributed by atoms with E-state index in [1.54, 1.807) is 0 Å². The van der Waals surface area contributed by atoms with Crippen LogP contribution >= 0.6 is 11.3 Å². The number of likely N-dealkylation sites (tertiary alicyclic amines) is 1. The summed E-state index contributed by atoms with van der Waals surface area (Å²) in [6, 6.07) is 2.00. The van der Waals surface area contributed by atoms with E-state index in [1.165, 1.54) is 17.8 Å². The van der Waals surface area contributed by atoms with Crippen LogP contribution in [-0.4, -0.2) is 34.6 Å². The number of hydrogen-bond acceptors (Lipinski definition) is 5. The van der Waals surface area contributed by atoms with Crippen LogP contribution in [0.1, 0.15) is 47.3 Å². The first-order chi connectivity index (χ1) is 10.1. The second-order valence-electron chi connectivity index (χ2n) is 6.28. The molecule has 1 saturated heterocycles. The third-order valence-electron chi connectivity index (χ3n) is 4.99. The molecule has 21 heavy (non-hydrogen) atoms. The van der Waals surface area contributed by atoms with E-state index < -0.39 is 5.60 Å². The number of carbonyl (C=O) groups excluding carboxylic acids is 1. The molecule has 0 radical (unpaired) electrons. The van der Waals surface area contributed by atoms with E-state index in [1.807, 2.05) is 11.4 Å². The number of carbonyl (C=O) groups is 1. The molecule has 1 aliphatic carbocycles. The molecule has 2 fully saturated rings. The largest absolute Gasteiger partial charge is 0.390 e. The van der Waals surface area contributed by atoms with E-state index >= 15 is 0 Å². The number of piperidine rings is 1. The summed E-state index contributed by atoms with van der Waals surface area (Å²) in [4.78, 5) is 14.8. The van der Waals surface area contributed by atoms with Gasteiger partial charge in [-0.2, -0.15) is 0 Å². The van der Waals surface area contributed by atoms with E-state index in [-0.39, 0.29) is 5.91 Å². The zero-order chi connectivity index (χ0) is 14.9. The Morgan fingerprint density at radius 2 is 2.38 bits per heavy atom. The molecule has 1 saturated carbocycles. The fourth-order valence-corrected chi connectivity index (χ4v) is 4.57. The molecule has 1 aliphatic heterocycles. The Bertz CT molecular complexity index is 519. The predicted octanol–water partition coefficient (Wildman–Crippen LogP) is 1.48. The number of nitrogens with one attached hydrogen (secondary N) is 1. The van der Waals surface area contributed by atoms with Crippen molar-refractivity contribution >= 4 is 17.2 Å². The van der Waals surface area contributed by atoms with Crippen molar-refractivity contribution in [3.05, 3.63) is 21.9 Å². The van der Waals surface area contributed by atoms with E-state index in [9.17, 15) is 9.90 Å². The van der Waals surface area contributed by atoms with Crippen molar-refractivity contribution in [1.29, 1.82) is 0 Å². The van der Waals surface area contributed by atoms with Crippen LogP contribution < -0.4 is 11.3 Å². The van der Waals surface area contributed by atoms with E-state index in [0.717, 1.165) is 50.9 Å². The molecule has 3 rings (SSSR count). The molecule has 116 valence electrons. The van der Waals surface area contributed by atoms with Gasteiger partial charge in [0.15, 0.2) is 0 Å². The Morgan fingerprint density at radius 3 is 3.19 bits per heavy atom. The van der Waals surface area contributed by atoms with Crippen molar-refractivity contribution < 1.29 is 9.90 Å². The highest BCUT2D eigenvalue weighted by molar-refractivity contribution is 7.12. The molecule has 2 unspecified atom stereocenters. The summed E-state index contributed by atoms with van der Waals surface area (Å²) >= 11 is 1.42. The summed E-state index contributed by atoms with van der Waals surface area (Å²) in [5.74, 6) is 5.39. The monoisotopic (exact) mass is 309 g/mol. The van der Waals surface area contributed by atoms with Crippen LogP contribution in [0.25, 0.3) is 0 Å². The lowest BCUT2D eigenvalue weighted by molar-refractivity contribution is -0.0967. The zero-order valence-corrected chi connectivity index (χ0v) is 13.0. The van der Waals surface area contributed by atoms with Crippen molar-refractivity contribution in [2.24, 2.45) is 11.8 Å². The normalized spacial score (nSPS) is 29.9. The van der Waals surface area contributed by atoms with Gasteiger partial charge >= 0.3 is 0 Å². The van der Waals surface area contributed by atoms with Crippen LogP contribution in [0, 0.1) is 5.92 Å². The Balaban J connectivity index is 1.67. The molecule has 1 aromatic heterocycles. The maximum atomic E-state index is 11.7. The molecule has 2 atom stereocenters. The van der Waals surface area contributed by atoms with Gasteiger partial charge in [0.25, 0.3) is 5.91 Å². The summed E-state index contributed by atoms with van der Waals surface area (Å²) < 4.78 is 0. The molecule has 4 N–H and O–H groups in total. The van der Waals surface area contributed by atoms with Gasteiger partial charge in [-0.25, -0.2) is 5.84 Å². The third kappa shape index (κ3) is 2.99. The van der Waals surface area contributed by atoms with Crippen molar-refractivity contribution in [2.75, 3.05) is 13.1 Å². The molecular formula is C15H23N3O2S. The van der Waals surface area contributed by atoms with Gasteiger partial charge in [0.05, 0.1) is 10.5 Å². The number of hydrazine groups is 1. The van der Waals surface area contributed by atoms with Gasteiger partial charge in [-0.1, -0.05) is 12.8 Å². The number of nitrogen functional groups attached to an aromatic ring is 1. The number of nitrogens with zero attached hydrogens (tertiary/aromatic N) is 1. The summed E-state index contributed by atoms with van der Waals surface area (Å²) in [7, 11) is 0. The quantitative estimate of drug-likeness (QED) is 0.449. The van der Waals surface area contributed by atoms with E-state index in [4.69, 9.17) is 5.84 Å². The van der Waals surface area contributed by atoms with Gasteiger partial charge in [0, 0.05) is 25.6 Å². The number of hydrogen-bond donors (Lipinski definition) is 3. The van der Waals surface area contributed by atoms with Crippen LogP contribution in [0.2, 0.25) is 0 Å². The fourth-order valence-electron chi connectivity index (χ4n) is 3.75. The molecule has 1 aromatic rings. The summed E-state index contributed by atoms with van der Waals surface area (Å²) in [6.07, 6.45) is 5.29. The number of thiophene rings is 1. The van der Waals surface area contributed by atoms with Gasteiger partial charge in [-0.15, -0.1) is 11.3 Å². The molecule has 0 bridgehead atoms. The van der Waals surface area contributed by atoms with Gasteiger partial charge in [-0.05, 0) is 36.3 Å². The van der Waals surface area contributed by atoms with Crippen molar-refractivity contribution in [1.82, 2.24) is 10.3 Å². The standard InChI is InChI=1S/C15H23N3O2S/c16-17-14(19)13-11(4-8-21-13)9-18-7-6-15(20)5-2-1-3-12(15)10-18/h4,8,12,20H,1-3,5-7,9-10,16H2,(H,17,19). The Kier molecular flexibility index (Phi) is 4.31. The van der Waals surface area contributed by atoms with Gasteiger partial charge in [0.1, 0.15) is 0 Å². The fraction of sp³-hybridized carbons (Fsp3) is 0.667. The second-order valence-corrected chi connectivity index (χ2v) is 7.20. The van der Waals surface area contributed by atoms with Gasteiger partial charge < -0.3 is 5.11 Å². The Labute approximate surface area is 129 Å². The molecular weight excluding hydrogens is 286 g/mol. The molecule has 0 spiro atoms. The highest BCUT2D eigenvalue weighted by Gasteiger charge is 2.42. The lowest BCUT2D eigenvalue weighted by Gasteiger charge is -2.47. The van der Waals surface area contributed by atoms with Crippen LogP contribution in [0.4, 0.5) is 0 Å². The molecule has 1 amide bonds. The predicted molar refractivity (Wildman–Crippen MR) is 82.8 cm³/mol.